The maximum Gasteiger partial charge on any atom is 0.280 e. The van der Waals surface area contributed by atoms with E-state index in [-0.39, 0.29) is 3.91 Å². The first kappa shape index (κ1) is 16.6. The second kappa shape index (κ2) is 8.02. The summed E-state index contributed by atoms with van der Waals surface area (Å²) in [5, 5.41) is 2.66. The molecular formula is C15H17IN2O4. The predicted molar refractivity (Wildman–Crippen MR) is 90.5 cm³/mol. The van der Waals surface area contributed by atoms with Crippen molar-refractivity contribution in [1.29, 1.82) is 0 Å². The molecule has 0 aliphatic heterocycles. The van der Waals surface area contributed by atoms with Gasteiger partial charge in [0.05, 0.1) is 25.5 Å². The molecule has 6 nitrogen and oxygen atoms in total. The van der Waals surface area contributed by atoms with Gasteiger partial charge in [-0.2, -0.15) is 0 Å². The average Bonchev–Trinajstić information content (AvgIpc) is 2.96. The first-order chi connectivity index (χ1) is 10.6. The first-order valence-electron chi connectivity index (χ1n) is 6.91. The summed E-state index contributed by atoms with van der Waals surface area (Å²) < 4.78 is 16.4. The number of halogens is 1. The number of ether oxygens (including phenoxy) is 2. The lowest BCUT2D eigenvalue weighted by Crippen LogP contribution is -2.14. The van der Waals surface area contributed by atoms with Gasteiger partial charge in [0.1, 0.15) is 6.26 Å². The Morgan fingerprint density at radius 2 is 2.00 bits per heavy atom. The summed E-state index contributed by atoms with van der Waals surface area (Å²) in [5.41, 5.74) is 1.45. The predicted octanol–water partition coefficient (Wildman–Crippen LogP) is 3.78. The van der Waals surface area contributed by atoms with Gasteiger partial charge in [-0.05, 0) is 32.0 Å². The van der Waals surface area contributed by atoms with E-state index in [1.165, 1.54) is 6.26 Å². The lowest BCUT2D eigenvalue weighted by molar-refractivity contribution is 0.262. The summed E-state index contributed by atoms with van der Waals surface area (Å²) >= 11 is 1.67. The van der Waals surface area contributed by atoms with Crippen molar-refractivity contribution in [3.63, 3.8) is 0 Å². The van der Waals surface area contributed by atoms with E-state index in [0.29, 0.717) is 42.8 Å². The van der Waals surface area contributed by atoms with Crippen molar-refractivity contribution < 1.29 is 18.7 Å². The van der Waals surface area contributed by atoms with Crippen LogP contribution in [0, 0.1) is 0 Å². The zero-order chi connectivity index (χ0) is 15.9. The fourth-order valence-corrected chi connectivity index (χ4v) is 2.06. The number of hydrogen-bond donors (Lipinski definition) is 1. The van der Waals surface area contributed by atoms with Gasteiger partial charge in [-0.1, -0.05) is 0 Å². The fourth-order valence-electron chi connectivity index (χ4n) is 1.86. The van der Waals surface area contributed by atoms with E-state index < -0.39 is 0 Å². The quantitative estimate of drug-likeness (QED) is 0.423. The molecule has 1 aromatic carbocycles. The Kier molecular flexibility index (Phi) is 6.05. The zero-order valence-electron chi connectivity index (χ0n) is 12.4. The Morgan fingerprint density at radius 3 is 2.68 bits per heavy atom. The molecule has 1 heterocycles. The maximum atomic E-state index is 10.9. The van der Waals surface area contributed by atoms with Crippen molar-refractivity contribution in [2.75, 3.05) is 13.2 Å². The second-order valence-electron chi connectivity index (χ2n) is 4.30. The molecule has 0 aliphatic rings. The topological polar surface area (TPSA) is 73.6 Å². The van der Waals surface area contributed by atoms with Crippen molar-refractivity contribution in [2.45, 2.75) is 20.4 Å². The van der Waals surface area contributed by atoms with E-state index in [0.717, 1.165) is 5.56 Å². The number of nitrogens with zero attached hydrogens (tertiary/aromatic N) is 1. The number of carbonyl (C=O) groups is 1. The van der Waals surface area contributed by atoms with E-state index >= 15 is 0 Å². The van der Waals surface area contributed by atoms with Crippen molar-refractivity contribution in [1.82, 2.24) is 10.3 Å². The molecule has 0 fully saturated rings. The highest BCUT2D eigenvalue weighted by Gasteiger charge is 2.12. The molecule has 1 amide bonds. The molecule has 0 bridgehead atoms. The molecule has 0 aliphatic carbocycles. The Bertz CT molecular complexity index is 642. The number of hydrogen-bond acceptors (Lipinski definition) is 5. The van der Waals surface area contributed by atoms with Crippen LogP contribution in [-0.2, 0) is 6.54 Å². The minimum Gasteiger partial charge on any atom is -0.490 e. The van der Waals surface area contributed by atoms with Crippen LogP contribution in [0.1, 0.15) is 19.5 Å². The van der Waals surface area contributed by atoms with Crippen LogP contribution in [0.25, 0.3) is 11.5 Å². The lowest BCUT2D eigenvalue weighted by atomic mass is 10.2. The Morgan fingerprint density at radius 1 is 1.27 bits per heavy atom. The first-order valence-corrected chi connectivity index (χ1v) is 7.99. The molecule has 118 valence electrons. The molecule has 7 heteroatoms. The summed E-state index contributed by atoms with van der Waals surface area (Å²) in [5.74, 6) is 1.82. The minimum atomic E-state index is -0.137. The standard InChI is InChI=1S/C15H17IN2O4/c1-3-20-12-6-5-10(7-13(12)21-4-2)14-18-11(9-22-14)8-17-15(16)19/h5-7,9H,3-4,8H2,1-2H3,(H,17,19). The highest BCUT2D eigenvalue weighted by atomic mass is 127. The summed E-state index contributed by atoms with van der Waals surface area (Å²) in [6.45, 7) is 5.28. The molecular weight excluding hydrogens is 399 g/mol. The van der Waals surface area contributed by atoms with Gasteiger partial charge in [0.2, 0.25) is 5.89 Å². The lowest BCUT2D eigenvalue weighted by Gasteiger charge is -2.11. The number of aromatic nitrogens is 1. The largest absolute Gasteiger partial charge is 0.490 e. The molecule has 1 N–H and O–H groups in total. The van der Waals surface area contributed by atoms with Crippen LogP contribution >= 0.6 is 22.6 Å². The number of amides is 1. The minimum absolute atomic E-state index is 0.137. The molecule has 0 atom stereocenters. The van der Waals surface area contributed by atoms with Crippen LogP contribution in [0.2, 0.25) is 0 Å². The van der Waals surface area contributed by atoms with Gasteiger partial charge in [0, 0.05) is 28.2 Å². The van der Waals surface area contributed by atoms with Gasteiger partial charge >= 0.3 is 0 Å². The normalized spacial score (nSPS) is 10.3. The van der Waals surface area contributed by atoms with Gasteiger partial charge in [-0.15, -0.1) is 0 Å². The molecule has 0 spiro atoms. The van der Waals surface area contributed by atoms with Crippen LogP contribution in [-0.4, -0.2) is 22.1 Å². The van der Waals surface area contributed by atoms with Gasteiger partial charge in [-0.3, -0.25) is 4.79 Å². The van der Waals surface area contributed by atoms with Crippen molar-refractivity contribution in [2.24, 2.45) is 0 Å². The van der Waals surface area contributed by atoms with E-state index in [1.807, 2.05) is 32.0 Å². The average molecular weight is 416 g/mol. The van der Waals surface area contributed by atoms with Crippen LogP contribution in [0.5, 0.6) is 11.5 Å². The van der Waals surface area contributed by atoms with Gasteiger partial charge in [-0.25, -0.2) is 4.98 Å². The van der Waals surface area contributed by atoms with Gasteiger partial charge in [0.15, 0.2) is 11.5 Å². The third kappa shape index (κ3) is 4.36. The Hall–Kier alpha value is -1.77. The third-order valence-corrected chi connectivity index (χ3v) is 3.13. The van der Waals surface area contributed by atoms with E-state index in [2.05, 4.69) is 10.3 Å². The number of carbonyl (C=O) groups excluding carboxylic acids is 1. The summed E-state index contributed by atoms with van der Waals surface area (Å²) in [7, 11) is 0. The number of oxazole rings is 1. The number of rotatable bonds is 7. The fraction of sp³-hybridized carbons (Fsp3) is 0.333. The highest BCUT2D eigenvalue weighted by Crippen LogP contribution is 2.32. The molecule has 0 radical (unpaired) electrons. The smallest absolute Gasteiger partial charge is 0.280 e. The SMILES string of the molecule is CCOc1ccc(-c2nc(CNC(=O)I)co2)cc1OCC. The van der Waals surface area contributed by atoms with Crippen LogP contribution in [0.3, 0.4) is 0 Å². The summed E-state index contributed by atoms with van der Waals surface area (Å²) in [6, 6.07) is 5.53. The van der Waals surface area contributed by atoms with E-state index in [1.54, 1.807) is 22.6 Å². The Balaban J connectivity index is 2.21. The maximum absolute atomic E-state index is 10.9. The van der Waals surface area contributed by atoms with E-state index in [9.17, 15) is 4.79 Å². The number of benzene rings is 1. The zero-order valence-corrected chi connectivity index (χ0v) is 14.5. The summed E-state index contributed by atoms with van der Waals surface area (Å²) in [6.07, 6.45) is 1.53. The van der Waals surface area contributed by atoms with E-state index in [4.69, 9.17) is 13.9 Å². The van der Waals surface area contributed by atoms with Crippen molar-refractivity contribution in [3.8, 4) is 23.0 Å². The molecule has 0 saturated carbocycles. The monoisotopic (exact) mass is 416 g/mol. The van der Waals surface area contributed by atoms with Crippen LogP contribution < -0.4 is 14.8 Å². The summed E-state index contributed by atoms with van der Waals surface area (Å²) in [4.78, 5) is 15.2. The highest BCUT2D eigenvalue weighted by molar-refractivity contribution is 14.1. The van der Waals surface area contributed by atoms with Crippen molar-refractivity contribution >= 4 is 26.5 Å². The molecule has 0 unspecified atom stereocenters. The number of nitrogens with one attached hydrogen (secondary N) is 1. The van der Waals surface area contributed by atoms with Crippen LogP contribution in [0.15, 0.2) is 28.9 Å². The van der Waals surface area contributed by atoms with Gasteiger partial charge < -0.3 is 19.2 Å². The van der Waals surface area contributed by atoms with Crippen LogP contribution in [0.4, 0.5) is 4.79 Å². The third-order valence-electron chi connectivity index (χ3n) is 2.75. The molecule has 0 saturated heterocycles. The molecule has 1 aromatic heterocycles. The molecule has 2 rings (SSSR count). The van der Waals surface area contributed by atoms with Crippen molar-refractivity contribution in [3.05, 3.63) is 30.2 Å². The van der Waals surface area contributed by atoms with Gasteiger partial charge in [0.25, 0.3) is 3.91 Å². The Labute approximate surface area is 142 Å². The molecule has 22 heavy (non-hydrogen) atoms. The second-order valence-corrected chi connectivity index (χ2v) is 5.28. The molecule has 2 aromatic rings.